The SMILES string of the molecule is CCNC(=NCCCCN(CC)CC)N(C)Cc1cc(Cl)cn1C.I. The lowest BCUT2D eigenvalue weighted by Gasteiger charge is -2.22. The van der Waals surface area contributed by atoms with Gasteiger partial charge in [-0.15, -0.1) is 24.0 Å². The predicted octanol–water partition coefficient (Wildman–Crippen LogP) is 3.82. The molecule has 0 bridgehead atoms. The highest BCUT2D eigenvalue weighted by Crippen LogP contribution is 2.14. The molecule has 146 valence electrons. The summed E-state index contributed by atoms with van der Waals surface area (Å²) in [5.41, 5.74) is 1.18. The van der Waals surface area contributed by atoms with Crippen LogP contribution in [-0.4, -0.2) is 60.1 Å². The first-order valence-electron chi connectivity index (χ1n) is 9.04. The van der Waals surface area contributed by atoms with Crippen molar-refractivity contribution in [2.45, 2.75) is 40.2 Å². The Hall–Kier alpha value is -0.470. The number of aryl methyl sites for hydroxylation is 1. The van der Waals surface area contributed by atoms with Crippen LogP contribution in [0.25, 0.3) is 0 Å². The Balaban J connectivity index is 0.00000576. The van der Waals surface area contributed by atoms with Crippen LogP contribution in [0.3, 0.4) is 0 Å². The highest BCUT2D eigenvalue weighted by atomic mass is 127. The second-order valence-corrected chi connectivity index (χ2v) is 6.52. The predicted molar refractivity (Wildman–Crippen MR) is 120 cm³/mol. The second-order valence-electron chi connectivity index (χ2n) is 6.09. The lowest BCUT2D eigenvalue weighted by Crippen LogP contribution is -2.38. The number of hydrogen-bond donors (Lipinski definition) is 1. The number of aromatic nitrogens is 1. The normalized spacial score (nSPS) is 11.6. The molecule has 0 atom stereocenters. The van der Waals surface area contributed by atoms with Crippen LogP contribution in [0.1, 0.15) is 39.3 Å². The Morgan fingerprint density at radius 3 is 2.44 bits per heavy atom. The highest BCUT2D eigenvalue weighted by Gasteiger charge is 2.09. The zero-order valence-corrected chi connectivity index (χ0v) is 19.5. The molecule has 0 aromatic carbocycles. The van der Waals surface area contributed by atoms with Gasteiger partial charge in [0.1, 0.15) is 0 Å². The van der Waals surface area contributed by atoms with Crippen LogP contribution in [0.4, 0.5) is 0 Å². The van der Waals surface area contributed by atoms with Gasteiger partial charge in [0, 0.05) is 39.1 Å². The number of nitrogens with one attached hydrogen (secondary N) is 1. The number of hydrogen-bond acceptors (Lipinski definition) is 2. The van der Waals surface area contributed by atoms with Crippen molar-refractivity contribution in [3.8, 4) is 0 Å². The third kappa shape index (κ3) is 9.15. The Bertz CT molecular complexity index is 500. The first kappa shape index (κ1) is 24.5. The van der Waals surface area contributed by atoms with Gasteiger partial charge in [-0.3, -0.25) is 4.99 Å². The van der Waals surface area contributed by atoms with Crippen LogP contribution in [0.2, 0.25) is 5.02 Å². The topological polar surface area (TPSA) is 35.8 Å². The van der Waals surface area contributed by atoms with E-state index in [9.17, 15) is 0 Å². The molecule has 0 spiro atoms. The van der Waals surface area contributed by atoms with Crippen molar-refractivity contribution < 1.29 is 0 Å². The zero-order chi connectivity index (χ0) is 17.9. The van der Waals surface area contributed by atoms with Crippen molar-refractivity contribution in [1.29, 1.82) is 0 Å². The first-order chi connectivity index (χ1) is 11.5. The lowest BCUT2D eigenvalue weighted by molar-refractivity contribution is 0.297. The van der Waals surface area contributed by atoms with E-state index in [2.05, 4.69) is 47.5 Å². The van der Waals surface area contributed by atoms with Gasteiger partial charge in [0.2, 0.25) is 0 Å². The molecule has 1 rings (SSSR count). The summed E-state index contributed by atoms with van der Waals surface area (Å²) in [7, 11) is 4.09. The average molecular weight is 484 g/mol. The van der Waals surface area contributed by atoms with Gasteiger partial charge in [0.25, 0.3) is 0 Å². The molecule has 0 aliphatic heterocycles. The van der Waals surface area contributed by atoms with E-state index in [1.54, 1.807) is 0 Å². The van der Waals surface area contributed by atoms with Crippen molar-refractivity contribution in [3.05, 3.63) is 23.0 Å². The third-order valence-electron chi connectivity index (χ3n) is 4.21. The molecule has 0 aliphatic carbocycles. The Morgan fingerprint density at radius 1 is 1.24 bits per heavy atom. The molecule has 1 aromatic heterocycles. The monoisotopic (exact) mass is 483 g/mol. The maximum absolute atomic E-state index is 6.07. The summed E-state index contributed by atoms with van der Waals surface area (Å²) in [5, 5.41) is 4.15. The molecular weight excluding hydrogens is 449 g/mol. The largest absolute Gasteiger partial charge is 0.357 e. The molecular formula is C18H35ClIN5. The number of rotatable bonds is 10. The van der Waals surface area contributed by atoms with E-state index < -0.39 is 0 Å². The van der Waals surface area contributed by atoms with E-state index in [0.717, 1.165) is 56.7 Å². The van der Waals surface area contributed by atoms with Crippen LogP contribution in [0.15, 0.2) is 17.3 Å². The van der Waals surface area contributed by atoms with Crippen molar-refractivity contribution in [2.75, 3.05) is 39.8 Å². The zero-order valence-electron chi connectivity index (χ0n) is 16.4. The summed E-state index contributed by atoms with van der Waals surface area (Å²) >= 11 is 6.07. The molecule has 7 heteroatoms. The summed E-state index contributed by atoms with van der Waals surface area (Å²) in [5.74, 6) is 0.956. The number of aliphatic imine (C=N–C) groups is 1. The van der Waals surface area contributed by atoms with Crippen LogP contribution in [0.5, 0.6) is 0 Å². The summed E-state index contributed by atoms with van der Waals surface area (Å²) in [6, 6.07) is 2.01. The van der Waals surface area contributed by atoms with Crippen LogP contribution in [0, 0.1) is 0 Å². The van der Waals surface area contributed by atoms with Gasteiger partial charge in [-0.2, -0.15) is 0 Å². The van der Waals surface area contributed by atoms with Gasteiger partial charge in [0.15, 0.2) is 5.96 Å². The maximum Gasteiger partial charge on any atom is 0.194 e. The molecule has 1 aromatic rings. The van der Waals surface area contributed by atoms with Crippen molar-refractivity contribution in [2.24, 2.45) is 12.0 Å². The molecule has 0 unspecified atom stereocenters. The van der Waals surface area contributed by atoms with E-state index >= 15 is 0 Å². The molecule has 0 fully saturated rings. The van der Waals surface area contributed by atoms with E-state index in [1.165, 1.54) is 12.1 Å². The fourth-order valence-corrected chi connectivity index (χ4v) is 2.96. The molecule has 25 heavy (non-hydrogen) atoms. The van der Waals surface area contributed by atoms with Gasteiger partial charge < -0.3 is 19.7 Å². The summed E-state index contributed by atoms with van der Waals surface area (Å²) in [6.45, 7) is 12.5. The quantitative estimate of drug-likeness (QED) is 0.238. The van der Waals surface area contributed by atoms with Gasteiger partial charge in [-0.05, 0) is 45.5 Å². The number of nitrogens with zero attached hydrogens (tertiary/aromatic N) is 4. The summed E-state index contributed by atoms with van der Waals surface area (Å²) in [6.07, 6.45) is 4.25. The Morgan fingerprint density at radius 2 is 1.92 bits per heavy atom. The van der Waals surface area contributed by atoms with E-state index in [4.69, 9.17) is 16.6 Å². The minimum absolute atomic E-state index is 0. The fourth-order valence-electron chi connectivity index (χ4n) is 2.68. The van der Waals surface area contributed by atoms with Crippen molar-refractivity contribution in [1.82, 2.24) is 19.7 Å². The van der Waals surface area contributed by atoms with E-state index in [1.807, 2.05) is 19.3 Å². The number of guanidine groups is 1. The standard InChI is InChI=1S/C18H34ClN5.HI/c1-6-20-18(21-11-9-10-12-24(7-2)8-3)23(5)15-17-13-16(19)14-22(17)4;/h13-14H,6-12,15H2,1-5H3,(H,20,21);1H. The number of halogens is 2. The minimum atomic E-state index is 0. The van der Waals surface area contributed by atoms with E-state index in [0.29, 0.717) is 0 Å². The lowest BCUT2D eigenvalue weighted by atomic mass is 10.3. The van der Waals surface area contributed by atoms with Gasteiger partial charge in [0.05, 0.1) is 11.6 Å². The van der Waals surface area contributed by atoms with Crippen LogP contribution < -0.4 is 5.32 Å². The Labute approximate surface area is 175 Å². The molecule has 0 saturated carbocycles. The van der Waals surface area contributed by atoms with E-state index in [-0.39, 0.29) is 24.0 Å². The third-order valence-corrected chi connectivity index (χ3v) is 4.42. The molecule has 1 heterocycles. The number of unbranched alkanes of at least 4 members (excludes halogenated alkanes) is 1. The van der Waals surface area contributed by atoms with Gasteiger partial charge >= 0.3 is 0 Å². The van der Waals surface area contributed by atoms with Crippen molar-refractivity contribution in [3.63, 3.8) is 0 Å². The van der Waals surface area contributed by atoms with Crippen LogP contribution >= 0.6 is 35.6 Å². The van der Waals surface area contributed by atoms with Gasteiger partial charge in [-0.1, -0.05) is 25.4 Å². The second kappa shape index (κ2) is 13.7. The summed E-state index contributed by atoms with van der Waals surface area (Å²) < 4.78 is 2.06. The summed E-state index contributed by atoms with van der Waals surface area (Å²) in [4.78, 5) is 9.38. The van der Waals surface area contributed by atoms with Crippen molar-refractivity contribution >= 4 is 41.5 Å². The molecule has 0 saturated heterocycles. The first-order valence-corrected chi connectivity index (χ1v) is 9.42. The Kier molecular flexibility index (Phi) is 13.4. The molecule has 5 nitrogen and oxygen atoms in total. The smallest absolute Gasteiger partial charge is 0.194 e. The average Bonchev–Trinajstić information content (AvgIpc) is 2.87. The molecule has 0 amide bonds. The van der Waals surface area contributed by atoms with Gasteiger partial charge in [-0.25, -0.2) is 0 Å². The van der Waals surface area contributed by atoms with Crippen LogP contribution in [-0.2, 0) is 13.6 Å². The molecule has 0 radical (unpaired) electrons. The minimum Gasteiger partial charge on any atom is -0.357 e. The fraction of sp³-hybridized carbons (Fsp3) is 0.722. The molecule has 0 aliphatic rings. The molecule has 1 N–H and O–H groups in total. The maximum atomic E-state index is 6.07. The highest BCUT2D eigenvalue weighted by molar-refractivity contribution is 14.0.